The number of nitrogens with two attached hydrogens (primary N) is 1. The lowest BCUT2D eigenvalue weighted by Crippen LogP contribution is -2.23. The number of rotatable bonds is 5. The number of nitrogens with one attached hydrogen (secondary N) is 1. The van der Waals surface area contributed by atoms with Gasteiger partial charge in [-0.15, -0.1) is 0 Å². The predicted molar refractivity (Wildman–Crippen MR) is 53.9 cm³/mol. The number of hydrogen-bond acceptors (Lipinski definition) is 6. The summed E-state index contributed by atoms with van der Waals surface area (Å²) in [5.74, 6) is 0.319. The number of nitrogens with zero attached hydrogens (tertiary/aromatic N) is 2. The molecular formula is C7H14N4OS. The SMILES string of the molecule is CCC(COC)Nc1nc(N)ns1. The molecule has 0 bridgehead atoms. The van der Waals surface area contributed by atoms with Crippen LogP contribution in [0, 0.1) is 0 Å². The molecule has 0 aliphatic heterocycles. The maximum Gasteiger partial charge on any atom is 0.233 e. The molecule has 6 heteroatoms. The molecule has 5 nitrogen and oxygen atoms in total. The van der Waals surface area contributed by atoms with E-state index in [1.54, 1.807) is 7.11 Å². The second-order valence-corrected chi connectivity index (χ2v) is 3.41. The van der Waals surface area contributed by atoms with Gasteiger partial charge >= 0.3 is 0 Å². The number of anilines is 2. The molecule has 1 heterocycles. The topological polar surface area (TPSA) is 73.1 Å². The Morgan fingerprint density at radius 1 is 1.69 bits per heavy atom. The summed E-state index contributed by atoms with van der Waals surface area (Å²) < 4.78 is 8.91. The molecule has 13 heavy (non-hydrogen) atoms. The van der Waals surface area contributed by atoms with Crippen LogP contribution in [0.3, 0.4) is 0 Å². The number of hydrogen-bond donors (Lipinski definition) is 2. The zero-order valence-corrected chi connectivity index (χ0v) is 8.60. The van der Waals surface area contributed by atoms with Gasteiger partial charge in [0.1, 0.15) is 0 Å². The van der Waals surface area contributed by atoms with E-state index in [2.05, 4.69) is 21.6 Å². The van der Waals surface area contributed by atoms with Gasteiger partial charge in [0.05, 0.1) is 12.6 Å². The standard InChI is InChI=1S/C7H14N4OS/c1-3-5(4-12-2)9-7-10-6(8)11-13-7/h5H,3-4H2,1-2H3,(H3,8,9,10,11). The molecule has 0 radical (unpaired) electrons. The molecule has 74 valence electrons. The van der Waals surface area contributed by atoms with Gasteiger partial charge < -0.3 is 15.8 Å². The van der Waals surface area contributed by atoms with Crippen LogP contribution in [0.4, 0.5) is 11.1 Å². The summed E-state index contributed by atoms with van der Waals surface area (Å²) in [5.41, 5.74) is 5.39. The average molecular weight is 202 g/mol. The molecule has 0 spiro atoms. The van der Waals surface area contributed by atoms with Crippen molar-refractivity contribution in [3.63, 3.8) is 0 Å². The Morgan fingerprint density at radius 2 is 2.46 bits per heavy atom. The minimum absolute atomic E-state index is 0.275. The van der Waals surface area contributed by atoms with Gasteiger partial charge in [0.2, 0.25) is 11.1 Å². The summed E-state index contributed by atoms with van der Waals surface area (Å²) in [4.78, 5) is 4.00. The monoisotopic (exact) mass is 202 g/mol. The van der Waals surface area contributed by atoms with E-state index in [-0.39, 0.29) is 6.04 Å². The molecule has 3 N–H and O–H groups in total. The highest BCUT2D eigenvalue weighted by molar-refractivity contribution is 7.09. The van der Waals surface area contributed by atoms with Crippen molar-refractivity contribution < 1.29 is 4.74 Å². The average Bonchev–Trinajstić information content (AvgIpc) is 2.50. The molecule has 1 rings (SSSR count). The molecule has 1 unspecified atom stereocenters. The highest BCUT2D eigenvalue weighted by Gasteiger charge is 2.08. The third-order valence-corrected chi connectivity index (χ3v) is 2.29. The van der Waals surface area contributed by atoms with E-state index in [9.17, 15) is 0 Å². The van der Waals surface area contributed by atoms with E-state index in [0.717, 1.165) is 11.6 Å². The fraction of sp³-hybridized carbons (Fsp3) is 0.714. The lowest BCUT2D eigenvalue weighted by atomic mass is 10.2. The lowest BCUT2D eigenvalue weighted by molar-refractivity contribution is 0.184. The van der Waals surface area contributed by atoms with Gasteiger partial charge in [0, 0.05) is 18.6 Å². The second kappa shape index (κ2) is 4.98. The van der Waals surface area contributed by atoms with Gasteiger partial charge in [0.15, 0.2) is 0 Å². The van der Waals surface area contributed by atoms with Crippen LogP contribution in [0.15, 0.2) is 0 Å². The van der Waals surface area contributed by atoms with E-state index >= 15 is 0 Å². The van der Waals surface area contributed by atoms with E-state index in [0.29, 0.717) is 12.6 Å². The van der Waals surface area contributed by atoms with Gasteiger partial charge in [-0.3, -0.25) is 0 Å². The Bertz CT molecular complexity index is 252. The molecular weight excluding hydrogens is 188 g/mol. The van der Waals surface area contributed by atoms with Crippen molar-refractivity contribution in [3.8, 4) is 0 Å². The zero-order chi connectivity index (χ0) is 9.68. The van der Waals surface area contributed by atoms with Crippen LogP contribution in [-0.2, 0) is 4.74 Å². The molecule has 0 saturated carbocycles. The fourth-order valence-corrected chi connectivity index (χ4v) is 1.51. The Hall–Kier alpha value is -0.880. The first-order chi connectivity index (χ1) is 6.26. The van der Waals surface area contributed by atoms with Crippen LogP contribution in [0.5, 0.6) is 0 Å². The summed E-state index contributed by atoms with van der Waals surface area (Å²) in [7, 11) is 1.68. The van der Waals surface area contributed by atoms with Crippen molar-refractivity contribution in [2.75, 3.05) is 24.8 Å². The Balaban J connectivity index is 2.46. The minimum Gasteiger partial charge on any atom is -0.383 e. The summed E-state index contributed by atoms with van der Waals surface area (Å²) in [6.45, 7) is 2.75. The van der Waals surface area contributed by atoms with Crippen LogP contribution < -0.4 is 11.1 Å². The van der Waals surface area contributed by atoms with Crippen LogP contribution >= 0.6 is 11.5 Å². The van der Waals surface area contributed by atoms with E-state index < -0.39 is 0 Å². The smallest absolute Gasteiger partial charge is 0.233 e. The first-order valence-electron chi connectivity index (χ1n) is 4.11. The van der Waals surface area contributed by atoms with Gasteiger partial charge in [-0.05, 0) is 6.42 Å². The van der Waals surface area contributed by atoms with Crippen LogP contribution in [0.25, 0.3) is 0 Å². The van der Waals surface area contributed by atoms with Gasteiger partial charge in [-0.1, -0.05) is 6.92 Å². The normalized spacial score (nSPS) is 12.8. The summed E-state index contributed by atoms with van der Waals surface area (Å²) in [6, 6.07) is 0.275. The molecule has 0 amide bonds. The van der Waals surface area contributed by atoms with Crippen LogP contribution in [-0.4, -0.2) is 29.1 Å². The third-order valence-electron chi connectivity index (χ3n) is 1.63. The van der Waals surface area contributed by atoms with Crippen molar-refractivity contribution in [2.24, 2.45) is 0 Å². The predicted octanol–water partition coefficient (Wildman–Crippen LogP) is 0.957. The van der Waals surface area contributed by atoms with E-state index in [1.165, 1.54) is 11.5 Å². The Kier molecular flexibility index (Phi) is 3.91. The number of nitrogen functional groups attached to an aromatic ring is 1. The number of aromatic nitrogens is 2. The summed E-state index contributed by atoms with van der Waals surface area (Å²) >= 11 is 1.27. The first kappa shape index (κ1) is 10.2. The second-order valence-electron chi connectivity index (χ2n) is 2.66. The molecule has 0 aliphatic rings. The molecule has 0 aromatic carbocycles. The Morgan fingerprint density at radius 3 is 2.92 bits per heavy atom. The van der Waals surface area contributed by atoms with Gasteiger partial charge in [-0.25, -0.2) is 0 Å². The van der Waals surface area contributed by atoms with Crippen LogP contribution in [0.2, 0.25) is 0 Å². The minimum atomic E-state index is 0.275. The molecule has 0 fully saturated rings. The first-order valence-corrected chi connectivity index (χ1v) is 4.88. The lowest BCUT2D eigenvalue weighted by Gasteiger charge is -2.13. The third kappa shape index (κ3) is 3.16. The Labute approximate surface area is 81.5 Å². The highest BCUT2D eigenvalue weighted by atomic mass is 32.1. The molecule has 0 saturated heterocycles. The summed E-state index contributed by atoms with van der Waals surface area (Å²) in [5, 5.41) is 3.94. The van der Waals surface area contributed by atoms with Gasteiger partial charge in [0.25, 0.3) is 0 Å². The summed E-state index contributed by atoms with van der Waals surface area (Å²) in [6.07, 6.45) is 0.979. The van der Waals surface area contributed by atoms with Crippen molar-refractivity contribution in [1.29, 1.82) is 0 Å². The molecule has 1 atom stereocenters. The largest absolute Gasteiger partial charge is 0.383 e. The number of methoxy groups -OCH3 is 1. The van der Waals surface area contributed by atoms with Crippen LogP contribution in [0.1, 0.15) is 13.3 Å². The van der Waals surface area contributed by atoms with Crippen molar-refractivity contribution in [1.82, 2.24) is 9.36 Å². The van der Waals surface area contributed by atoms with E-state index in [1.807, 2.05) is 0 Å². The maximum absolute atomic E-state index is 5.39. The maximum atomic E-state index is 5.39. The zero-order valence-electron chi connectivity index (χ0n) is 7.78. The van der Waals surface area contributed by atoms with Crippen molar-refractivity contribution >= 4 is 22.6 Å². The van der Waals surface area contributed by atoms with Crippen molar-refractivity contribution in [3.05, 3.63) is 0 Å². The van der Waals surface area contributed by atoms with Crippen molar-refractivity contribution in [2.45, 2.75) is 19.4 Å². The molecule has 1 aromatic heterocycles. The van der Waals surface area contributed by atoms with E-state index in [4.69, 9.17) is 10.5 Å². The van der Waals surface area contributed by atoms with Gasteiger partial charge in [-0.2, -0.15) is 9.36 Å². The fourth-order valence-electron chi connectivity index (χ4n) is 0.931. The molecule has 0 aliphatic carbocycles. The quantitative estimate of drug-likeness (QED) is 0.744. The number of ether oxygens (including phenoxy) is 1. The molecule has 1 aromatic rings. The highest BCUT2D eigenvalue weighted by Crippen LogP contribution is 2.13.